The molecule has 1 atom stereocenters. The number of halogens is 2. The number of pyridine rings is 1. The lowest BCUT2D eigenvalue weighted by molar-refractivity contribution is -0.120. The van der Waals surface area contributed by atoms with E-state index in [1.807, 2.05) is 31.2 Å². The smallest absolute Gasteiger partial charge is 0.228 e. The summed E-state index contributed by atoms with van der Waals surface area (Å²) in [7, 11) is 0. The predicted molar refractivity (Wildman–Crippen MR) is 109 cm³/mol. The Balaban J connectivity index is 0.00000169. The van der Waals surface area contributed by atoms with Crippen LogP contribution in [0.15, 0.2) is 36.5 Å². The summed E-state index contributed by atoms with van der Waals surface area (Å²) in [6.45, 7) is 5.86. The van der Waals surface area contributed by atoms with E-state index < -0.39 is 0 Å². The molecule has 142 valence electrons. The molecule has 1 fully saturated rings. The number of anilines is 1. The third-order valence-corrected chi connectivity index (χ3v) is 4.37. The molecule has 1 saturated heterocycles. The Kier molecular flexibility index (Phi) is 8.85. The second-order valence-electron chi connectivity index (χ2n) is 6.27. The number of hydrogen-bond acceptors (Lipinski definition) is 4. The number of aromatic nitrogens is 1. The molecule has 3 rings (SSSR count). The predicted octanol–water partition coefficient (Wildman–Crippen LogP) is 4.27. The highest BCUT2D eigenvalue weighted by Gasteiger charge is 2.20. The molecule has 0 spiro atoms. The number of carbonyl (C=O) groups is 1. The summed E-state index contributed by atoms with van der Waals surface area (Å²) in [5, 5.41) is 6.17. The van der Waals surface area contributed by atoms with Crippen molar-refractivity contribution in [2.24, 2.45) is 5.92 Å². The highest BCUT2D eigenvalue weighted by Crippen LogP contribution is 2.23. The van der Waals surface area contributed by atoms with Crippen LogP contribution in [-0.2, 0) is 4.79 Å². The fraction of sp³-hybridized carbons (Fsp3) is 0.368. The maximum Gasteiger partial charge on any atom is 0.228 e. The number of nitrogens with one attached hydrogen (secondary N) is 2. The van der Waals surface area contributed by atoms with E-state index in [9.17, 15) is 4.79 Å². The minimum absolute atomic E-state index is 0. The molecule has 1 aromatic heterocycles. The van der Waals surface area contributed by atoms with Gasteiger partial charge in [-0.15, -0.1) is 24.8 Å². The van der Waals surface area contributed by atoms with Gasteiger partial charge in [-0.25, -0.2) is 4.98 Å². The van der Waals surface area contributed by atoms with Gasteiger partial charge in [0, 0.05) is 12.6 Å². The second kappa shape index (κ2) is 10.4. The van der Waals surface area contributed by atoms with Crippen LogP contribution in [0.2, 0.25) is 0 Å². The molecule has 2 aromatic rings. The number of benzene rings is 1. The summed E-state index contributed by atoms with van der Waals surface area (Å²) in [4.78, 5) is 16.5. The Labute approximate surface area is 166 Å². The van der Waals surface area contributed by atoms with Gasteiger partial charge in [-0.2, -0.15) is 0 Å². The standard InChI is InChI=1S/C19H23N3O2.2ClH/c1-13-5-7-17(10-14(13)2)24-18-8-6-16(12-21-18)22-19(23)15-4-3-9-20-11-15;;/h5-8,10,12,15,20H,3-4,9,11H2,1-2H3,(H,22,23);2*1H. The monoisotopic (exact) mass is 397 g/mol. The number of ether oxygens (including phenoxy) is 1. The van der Waals surface area contributed by atoms with E-state index >= 15 is 0 Å². The summed E-state index contributed by atoms with van der Waals surface area (Å²) in [6.07, 6.45) is 3.60. The molecule has 2 N–H and O–H groups in total. The van der Waals surface area contributed by atoms with Crippen molar-refractivity contribution < 1.29 is 9.53 Å². The molecule has 0 bridgehead atoms. The van der Waals surface area contributed by atoms with Gasteiger partial charge in [-0.05, 0) is 62.6 Å². The molecule has 7 heteroatoms. The molecule has 0 saturated carbocycles. The highest BCUT2D eigenvalue weighted by atomic mass is 35.5. The molecular weight excluding hydrogens is 373 g/mol. The fourth-order valence-electron chi connectivity index (χ4n) is 2.73. The number of carbonyl (C=O) groups excluding carboxylic acids is 1. The van der Waals surface area contributed by atoms with Gasteiger partial charge in [0.05, 0.1) is 17.8 Å². The van der Waals surface area contributed by atoms with Crippen LogP contribution in [0.5, 0.6) is 11.6 Å². The van der Waals surface area contributed by atoms with Crippen molar-refractivity contribution in [2.75, 3.05) is 18.4 Å². The van der Waals surface area contributed by atoms with E-state index in [0.29, 0.717) is 11.6 Å². The normalized spacial score (nSPS) is 16.0. The molecule has 0 aliphatic carbocycles. The van der Waals surface area contributed by atoms with Gasteiger partial charge in [-0.1, -0.05) is 6.07 Å². The minimum atomic E-state index is 0. The third-order valence-electron chi connectivity index (χ3n) is 4.37. The number of amides is 1. The van der Waals surface area contributed by atoms with Crippen molar-refractivity contribution >= 4 is 36.4 Å². The van der Waals surface area contributed by atoms with Crippen molar-refractivity contribution in [1.29, 1.82) is 0 Å². The number of piperidine rings is 1. The number of hydrogen-bond donors (Lipinski definition) is 2. The van der Waals surface area contributed by atoms with Gasteiger partial charge in [0.25, 0.3) is 0 Å². The van der Waals surface area contributed by atoms with Gasteiger partial charge in [-0.3, -0.25) is 4.79 Å². The largest absolute Gasteiger partial charge is 0.439 e. The number of aryl methyl sites for hydroxylation is 2. The van der Waals surface area contributed by atoms with Crippen LogP contribution in [0.4, 0.5) is 5.69 Å². The molecule has 2 heterocycles. The van der Waals surface area contributed by atoms with Crippen LogP contribution in [-0.4, -0.2) is 24.0 Å². The van der Waals surface area contributed by atoms with Crippen LogP contribution in [0.1, 0.15) is 24.0 Å². The highest BCUT2D eigenvalue weighted by molar-refractivity contribution is 5.92. The van der Waals surface area contributed by atoms with Gasteiger partial charge in [0.15, 0.2) is 0 Å². The quantitative estimate of drug-likeness (QED) is 0.808. The zero-order valence-corrected chi connectivity index (χ0v) is 16.6. The lowest BCUT2D eigenvalue weighted by atomic mass is 9.99. The molecule has 1 amide bonds. The van der Waals surface area contributed by atoms with Gasteiger partial charge in [0.1, 0.15) is 5.75 Å². The average Bonchev–Trinajstić information content (AvgIpc) is 2.61. The van der Waals surface area contributed by atoms with Gasteiger partial charge < -0.3 is 15.4 Å². The zero-order chi connectivity index (χ0) is 16.9. The second-order valence-corrected chi connectivity index (χ2v) is 6.27. The molecule has 5 nitrogen and oxygen atoms in total. The zero-order valence-electron chi connectivity index (χ0n) is 15.0. The molecule has 1 unspecified atom stereocenters. The van der Waals surface area contributed by atoms with E-state index in [1.54, 1.807) is 12.3 Å². The van der Waals surface area contributed by atoms with Gasteiger partial charge >= 0.3 is 0 Å². The van der Waals surface area contributed by atoms with E-state index in [-0.39, 0.29) is 36.6 Å². The van der Waals surface area contributed by atoms with Gasteiger partial charge in [0.2, 0.25) is 11.8 Å². The van der Waals surface area contributed by atoms with Crippen LogP contribution >= 0.6 is 24.8 Å². The minimum Gasteiger partial charge on any atom is -0.439 e. The van der Waals surface area contributed by atoms with Crippen molar-refractivity contribution in [3.8, 4) is 11.6 Å². The van der Waals surface area contributed by atoms with E-state index in [1.165, 1.54) is 11.1 Å². The first kappa shape index (κ1) is 22.2. The summed E-state index contributed by atoms with van der Waals surface area (Å²) in [5.41, 5.74) is 3.10. The van der Waals surface area contributed by atoms with Crippen LogP contribution in [0.25, 0.3) is 0 Å². The SMILES string of the molecule is Cc1ccc(Oc2ccc(NC(=O)C3CCCNC3)cn2)cc1C.Cl.Cl. The molecular formula is C19H25Cl2N3O2. The Morgan fingerprint density at radius 1 is 1.19 bits per heavy atom. The first-order valence-corrected chi connectivity index (χ1v) is 8.34. The maximum absolute atomic E-state index is 12.2. The fourth-order valence-corrected chi connectivity index (χ4v) is 2.73. The third kappa shape index (κ3) is 5.87. The Bertz CT molecular complexity index is 717. The Hall–Kier alpha value is -1.82. The molecule has 26 heavy (non-hydrogen) atoms. The summed E-state index contributed by atoms with van der Waals surface area (Å²) >= 11 is 0. The van der Waals surface area contributed by atoms with E-state index in [2.05, 4.69) is 22.5 Å². The average molecular weight is 398 g/mol. The van der Waals surface area contributed by atoms with Crippen LogP contribution < -0.4 is 15.4 Å². The Morgan fingerprint density at radius 3 is 2.62 bits per heavy atom. The molecule has 1 aliphatic rings. The topological polar surface area (TPSA) is 63.2 Å². The molecule has 1 aromatic carbocycles. The van der Waals surface area contributed by atoms with E-state index in [0.717, 1.165) is 31.7 Å². The van der Waals surface area contributed by atoms with Crippen molar-refractivity contribution in [1.82, 2.24) is 10.3 Å². The molecule has 0 radical (unpaired) electrons. The first-order chi connectivity index (χ1) is 11.6. The lowest BCUT2D eigenvalue weighted by Crippen LogP contribution is -2.37. The lowest BCUT2D eigenvalue weighted by Gasteiger charge is -2.21. The van der Waals surface area contributed by atoms with Crippen molar-refractivity contribution in [2.45, 2.75) is 26.7 Å². The maximum atomic E-state index is 12.2. The molecule has 1 aliphatic heterocycles. The number of nitrogens with zero attached hydrogens (tertiary/aromatic N) is 1. The van der Waals surface area contributed by atoms with Crippen LogP contribution in [0, 0.1) is 19.8 Å². The van der Waals surface area contributed by atoms with E-state index in [4.69, 9.17) is 4.74 Å². The first-order valence-electron chi connectivity index (χ1n) is 8.34. The van der Waals surface area contributed by atoms with Crippen LogP contribution in [0.3, 0.4) is 0 Å². The van der Waals surface area contributed by atoms with Crippen molar-refractivity contribution in [3.63, 3.8) is 0 Å². The summed E-state index contributed by atoms with van der Waals surface area (Å²) < 4.78 is 5.76. The number of rotatable bonds is 4. The summed E-state index contributed by atoms with van der Waals surface area (Å²) in [5.74, 6) is 1.35. The summed E-state index contributed by atoms with van der Waals surface area (Å²) in [6, 6.07) is 9.53. The Morgan fingerprint density at radius 2 is 2.00 bits per heavy atom. The van der Waals surface area contributed by atoms with Crippen molar-refractivity contribution in [3.05, 3.63) is 47.7 Å².